The van der Waals surface area contributed by atoms with Crippen LogP contribution in [0.25, 0.3) is 0 Å². The molecule has 1 saturated heterocycles. The summed E-state index contributed by atoms with van der Waals surface area (Å²) in [5, 5.41) is 10.1. The van der Waals surface area contributed by atoms with Gasteiger partial charge in [0.15, 0.2) is 0 Å². The van der Waals surface area contributed by atoms with Crippen LogP contribution in [0.1, 0.15) is 35.7 Å². The lowest BCUT2D eigenvalue weighted by Crippen LogP contribution is -2.60. The summed E-state index contributed by atoms with van der Waals surface area (Å²) in [4.78, 5) is 13.3. The van der Waals surface area contributed by atoms with Gasteiger partial charge < -0.3 is 10.8 Å². The van der Waals surface area contributed by atoms with Gasteiger partial charge in [0, 0.05) is 25.2 Å². The molecule has 1 amide bonds. The number of rotatable bonds is 5. The van der Waals surface area contributed by atoms with Crippen LogP contribution >= 0.6 is 0 Å². The molecule has 0 unspecified atom stereocenters. The maximum Gasteiger partial charge on any atom is 0.248 e. The van der Waals surface area contributed by atoms with Crippen molar-refractivity contribution >= 4 is 5.91 Å². The number of benzene rings is 1. The summed E-state index contributed by atoms with van der Waals surface area (Å²) in [7, 11) is 0. The normalized spacial score (nSPS) is 18.3. The summed E-state index contributed by atoms with van der Waals surface area (Å²) in [6.07, 6.45) is 1.85. The molecule has 0 radical (unpaired) electrons. The van der Waals surface area contributed by atoms with Crippen LogP contribution in [0.5, 0.6) is 0 Å². The number of nitrogens with zero attached hydrogens (tertiary/aromatic N) is 1. The van der Waals surface area contributed by atoms with Gasteiger partial charge in [0.05, 0.1) is 5.60 Å². The van der Waals surface area contributed by atoms with Crippen LogP contribution in [-0.2, 0) is 6.54 Å². The van der Waals surface area contributed by atoms with E-state index in [1.165, 1.54) is 0 Å². The van der Waals surface area contributed by atoms with Crippen molar-refractivity contribution in [1.82, 2.24) is 4.90 Å². The lowest BCUT2D eigenvalue weighted by molar-refractivity contribution is -0.106. The fourth-order valence-corrected chi connectivity index (χ4v) is 2.60. The fourth-order valence-electron chi connectivity index (χ4n) is 2.60. The third kappa shape index (κ3) is 2.89. The standard InChI is InChI=1S/C14H20N2O2/c1-2-6-14(18)9-16(10-14)8-11-4-3-5-12(7-11)13(15)17/h3-5,7,18H,2,6,8-10H2,1H3,(H2,15,17). The van der Waals surface area contributed by atoms with Crippen molar-refractivity contribution in [2.24, 2.45) is 5.73 Å². The Morgan fingerprint density at radius 2 is 2.22 bits per heavy atom. The van der Waals surface area contributed by atoms with E-state index in [9.17, 15) is 9.90 Å². The molecule has 1 heterocycles. The van der Waals surface area contributed by atoms with Gasteiger partial charge >= 0.3 is 0 Å². The van der Waals surface area contributed by atoms with Crippen LogP contribution in [0.3, 0.4) is 0 Å². The molecule has 4 heteroatoms. The van der Waals surface area contributed by atoms with E-state index in [0.717, 1.165) is 24.9 Å². The lowest BCUT2D eigenvalue weighted by Gasteiger charge is -2.46. The smallest absolute Gasteiger partial charge is 0.248 e. The average Bonchev–Trinajstić information content (AvgIpc) is 2.27. The van der Waals surface area contributed by atoms with Crippen LogP contribution in [0.4, 0.5) is 0 Å². The maximum absolute atomic E-state index is 11.1. The topological polar surface area (TPSA) is 66.6 Å². The molecule has 1 aliphatic heterocycles. The predicted molar refractivity (Wildman–Crippen MR) is 70.1 cm³/mol. The Balaban J connectivity index is 1.92. The monoisotopic (exact) mass is 248 g/mol. The third-order valence-corrected chi connectivity index (χ3v) is 3.37. The van der Waals surface area contributed by atoms with Crippen LogP contribution in [-0.4, -0.2) is 34.6 Å². The zero-order valence-electron chi connectivity index (χ0n) is 10.7. The van der Waals surface area contributed by atoms with Crippen molar-refractivity contribution in [3.63, 3.8) is 0 Å². The Bertz CT molecular complexity index is 439. The highest BCUT2D eigenvalue weighted by atomic mass is 16.3. The number of amides is 1. The Labute approximate surface area is 107 Å². The number of likely N-dealkylation sites (tertiary alicyclic amines) is 1. The summed E-state index contributed by atoms with van der Waals surface area (Å²) in [6.45, 7) is 4.26. The van der Waals surface area contributed by atoms with E-state index in [0.29, 0.717) is 18.7 Å². The first-order valence-electron chi connectivity index (χ1n) is 6.36. The van der Waals surface area contributed by atoms with Gasteiger partial charge in [0.2, 0.25) is 5.91 Å². The number of aliphatic hydroxyl groups is 1. The summed E-state index contributed by atoms with van der Waals surface area (Å²) < 4.78 is 0. The van der Waals surface area contributed by atoms with Gasteiger partial charge in [-0.3, -0.25) is 9.69 Å². The second-order valence-corrected chi connectivity index (χ2v) is 5.18. The largest absolute Gasteiger partial charge is 0.387 e. The first kappa shape index (κ1) is 13.1. The molecule has 1 aliphatic rings. The van der Waals surface area contributed by atoms with E-state index < -0.39 is 11.5 Å². The fraction of sp³-hybridized carbons (Fsp3) is 0.500. The molecule has 0 bridgehead atoms. The zero-order chi connectivity index (χ0) is 13.2. The Morgan fingerprint density at radius 3 is 2.83 bits per heavy atom. The minimum absolute atomic E-state index is 0.400. The van der Waals surface area contributed by atoms with Gasteiger partial charge in [-0.1, -0.05) is 25.5 Å². The molecule has 2 rings (SSSR count). The van der Waals surface area contributed by atoms with Crippen LogP contribution in [0, 0.1) is 0 Å². The van der Waals surface area contributed by atoms with Gasteiger partial charge in [0.25, 0.3) is 0 Å². The number of β-amino-alcohol motifs (C(OH)–C–C–N with tert-alkyl or cyclic N) is 1. The number of carbonyl (C=O) groups is 1. The molecule has 3 N–H and O–H groups in total. The number of hydrogen-bond acceptors (Lipinski definition) is 3. The average molecular weight is 248 g/mol. The predicted octanol–water partition coefficient (Wildman–Crippen LogP) is 1.13. The quantitative estimate of drug-likeness (QED) is 0.821. The van der Waals surface area contributed by atoms with E-state index in [1.807, 2.05) is 18.2 Å². The number of nitrogens with two attached hydrogens (primary N) is 1. The zero-order valence-corrected chi connectivity index (χ0v) is 10.7. The molecule has 1 aromatic rings. The molecule has 0 atom stereocenters. The van der Waals surface area contributed by atoms with Crippen molar-refractivity contribution in [2.45, 2.75) is 31.9 Å². The SMILES string of the molecule is CCCC1(O)CN(Cc2cccc(C(N)=O)c2)C1. The van der Waals surface area contributed by atoms with Crippen molar-refractivity contribution in [1.29, 1.82) is 0 Å². The van der Waals surface area contributed by atoms with E-state index >= 15 is 0 Å². The highest BCUT2D eigenvalue weighted by Crippen LogP contribution is 2.27. The molecule has 0 saturated carbocycles. The molecule has 98 valence electrons. The molecule has 1 aromatic carbocycles. The summed E-state index contributed by atoms with van der Waals surface area (Å²) >= 11 is 0. The molecular weight excluding hydrogens is 228 g/mol. The van der Waals surface area contributed by atoms with Crippen molar-refractivity contribution in [3.8, 4) is 0 Å². The van der Waals surface area contributed by atoms with E-state index in [4.69, 9.17) is 5.73 Å². The summed E-state index contributed by atoms with van der Waals surface area (Å²) in [6, 6.07) is 7.35. The molecular formula is C14H20N2O2. The van der Waals surface area contributed by atoms with E-state index in [-0.39, 0.29) is 0 Å². The highest BCUT2D eigenvalue weighted by molar-refractivity contribution is 5.92. The van der Waals surface area contributed by atoms with Gasteiger partial charge in [-0.25, -0.2) is 0 Å². The van der Waals surface area contributed by atoms with Crippen LogP contribution < -0.4 is 5.73 Å². The molecule has 4 nitrogen and oxygen atoms in total. The maximum atomic E-state index is 11.1. The van der Waals surface area contributed by atoms with Gasteiger partial charge in [-0.2, -0.15) is 0 Å². The number of carbonyl (C=O) groups excluding carboxylic acids is 1. The van der Waals surface area contributed by atoms with Crippen molar-refractivity contribution in [3.05, 3.63) is 35.4 Å². The van der Waals surface area contributed by atoms with Gasteiger partial charge in [0.1, 0.15) is 0 Å². The first-order valence-corrected chi connectivity index (χ1v) is 6.36. The van der Waals surface area contributed by atoms with E-state index in [1.54, 1.807) is 6.07 Å². The molecule has 18 heavy (non-hydrogen) atoms. The Hall–Kier alpha value is -1.39. The second kappa shape index (κ2) is 5.08. The van der Waals surface area contributed by atoms with Crippen LogP contribution in [0.15, 0.2) is 24.3 Å². The second-order valence-electron chi connectivity index (χ2n) is 5.18. The Morgan fingerprint density at radius 1 is 1.50 bits per heavy atom. The Kier molecular flexibility index (Phi) is 3.68. The van der Waals surface area contributed by atoms with E-state index in [2.05, 4.69) is 11.8 Å². The highest BCUT2D eigenvalue weighted by Gasteiger charge is 2.39. The summed E-state index contributed by atoms with van der Waals surface area (Å²) in [5.74, 6) is -0.400. The molecule has 0 spiro atoms. The molecule has 1 fully saturated rings. The summed E-state index contributed by atoms with van der Waals surface area (Å²) in [5.41, 5.74) is 6.34. The van der Waals surface area contributed by atoms with Gasteiger partial charge in [-0.05, 0) is 24.1 Å². The minimum atomic E-state index is -0.504. The van der Waals surface area contributed by atoms with Crippen molar-refractivity contribution in [2.75, 3.05) is 13.1 Å². The first-order chi connectivity index (χ1) is 8.52. The van der Waals surface area contributed by atoms with Gasteiger partial charge in [-0.15, -0.1) is 0 Å². The molecule has 0 aromatic heterocycles. The van der Waals surface area contributed by atoms with Crippen molar-refractivity contribution < 1.29 is 9.90 Å². The minimum Gasteiger partial charge on any atom is -0.387 e. The number of primary amides is 1. The van der Waals surface area contributed by atoms with Crippen LogP contribution in [0.2, 0.25) is 0 Å². The third-order valence-electron chi connectivity index (χ3n) is 3.37. The molecule has 0 aliphatic carbocycles. The number of hydrogen-bond donors (Lipinski definition) is 2. The lowest BCUT2D eigenvalue weighted by atomic mass is 9.89.